The largest absolute Gasteiger partial charge is 0.339 e. The van der Waals surface area contributed by atoms with Gasteiger partial charge >= 0.3 is 0 Å². The second-order valence-corrected chi connectivity index (χ2v) is 6.53. The molecule has 130 valence electrons. The molecule has 2 amide bonds. The standard InChI is InChI=1S/C17H16Cl2N4O2/c1-11(24)22-4-6-23(7-5-22)17(25)16-9-15(20-10-21-16)12-2-3-13(18)14(19)8-12/h2-3,8-10H,4-7H2,1H3. The van der Waals surface area contributed by atoms with Gasteiger partial charge in [-0.3, -0.25) is 9.59 Å². The highest BCUT2D eigenvalue weighted by molar-refractivity contribution is 6.42. The van der Waals surface area contributed by atoms with E-state index in [1.54, 1.807) is 34.1 Å². The van der Waals surface area contributed by atoms with E-state index in [0.29, 0.717) is 47.6 Å². The molecule has 1 fully saturated rings. The Kier molecular flexibility index (Phi) is 5.20. The molecule has 0 aliphatic carbocycles. The van der Waals surface area contributed by atoms with Crippen LogP contribution in [0, 0.1) is 0 Å². The number of carbonyl (C=O) groups is 2. The molecule has 1 aromatic carbocycles. The molecule has 1 aromatic heterocycles. The zero-order chi connectivity index (χ0) is 18.0. The molecule has 1 aliphatic rings. The second-order valence-electron chi connectivity index (χ2n) is 5.72. The lowest BCUT2D eigenvalue weighted by Gasteiger charge is -2.34. The molecule has 0 N–H and O–H groups in total. The van der Waals surface area contributed by atoms with E-state index in [2.05, 4.69) is 9.97 Å². The molecule has 25 heavy (non-hydrogen) atoms. The second kappa shape index (κ2) is 7.37. The summed E-state index contributed by atoms with van der Waals surface area (Å²) in [5.41, 5.74) is 1.67. The number of hydrogen-bond acceptors (Lipinski definition) is 4. The topological polar surface area (TPSA) is 66.4 Å². The van der Waals surface area contributed by atoms with Crippen LogP contribution in [-0.4, -0.2) is 57.8 Å². The highest BCUT2D eigenvalue weighted by atomic mass is 35.5. The highest BCUT2D eigenvalue weighted by Gasteiger charge is 2.24. The Morgan fingerprint density at radius 2 is 1.64 bits per heavy atom. The molecule has 1 aliphatic heterocycles. The van der Waals surface area contributed by atoms with Gasteiger partial charge in [0, 0.05) is 38.7 Å². The fourth-order valence-electron chi connectivity index (χ4n) is 2.67. The van der Waals surface area contributed by atoms with Crippen molar-refractivity contribution in [2.24, 2.45) is 0 Å². The van der Waals surface area contributed by atoms with Crippen molar-refractivity contribution in [3.63, 3.8) is 0 Å². The van der Waals surface area contributed by atoms with Crippen LogP contribution in [0.1, 0.15) is 17.4 Å². The number of amides is 2. The van der Waals surface area contributed by atoms with Crippen LogP contribution < -0.4 is 0 Å². The molecule has 0 atom stereocenters. The smallest absolute Gasteiger partial charge is 0.272 e. The molecule has 0 unspecified atom stereocenters. The number of nitrogens with zero attached hydrogens (tertiary/aromatic N) is 4. The summed E-state index contributed by atoms with van der Waals surface area (Å²) in [7, 11) is 0. The Morgan fingerprint density at radius 3 is 2.28 bits per heavy atom. The molecule has 0 spiro atoms. The Morgan fingerprint density at radius 1 is 0.960 bits per heavy atom. The first-order chi connectivity index (χ1) is 12.0. The molecular weight excluding hydrogens is 363 g/mol. The summed E-state index contributed by atoms with van der Waals surface area (Å²) in [6, 6.07) is 6.81. The van der Waals surface area contributed by atoms with Crippen LogP contribution in [0.4, 0.5) is 0 Å². The Balaban J connectivity index is 1.78. The van der Waals surface area contributed by atoms with Gasteiger partial charge in [0.05, 0.1) is 15.7 Å². The van der Waals surface area contributed by atoms with Crippen LogP contribution in [0.2, 0.25) is 10.0 Å². The van der Waals surface area contributed by atoms with Crippen molar-refractivity contribution in [3.05, 3.63) is 46.3 Å². The normalized spacial score (nSPS) is 14.5. The minimum absolute atomic E-state index is 0.0241. The van der Waals surface area contributed by atoms with Gasteiger partial charge in [-0.25, -0.2) is 9.97 Å². The summed E-state index contributed by atoms with van der Waals surface area (Å²) in [4.78, 5) is 35.8. The fraction of sp³-hybridized carbons (Fsp3) is 0.294. The summed E-state index contributed by atoms with van der Waals surface area (Å²) >= 11 is 12.0. The Labute approximate surface area is 155 Å². The maximum Gasteiger partial charge on any atom is 0.272 e. The number of benzene rings is 1. The minimum Gasteiger partial charge on any atom is -0.339 e. The lowest BCUT2D eigenvalue weighted by Crippen LogP contribution is -2.50. The zero-order valence-corrected chi connectivity index (χ0v) is 15.1. The number of aromatic nitrogens is 2. The van der Waals surface area contributed by atoms with E-state index in [1.807, 2.05) is 0 Å². The number of hydrogen-bond donors (Lipinski definition) is 0. The van der Waals surface area contributed by atoms with Gasteiger partial charge in [-0.2, -0.15) is 0 Å². The molecule has 0 bridgehead atoms. The van der Waals surface area contributed by atoms with Crippen molar-refractivity contribution >= 4 is 35.0 Å². The van der Waals surface area contributed by atoms with Crippen molar-refractivity contribution in [2.75, 3.05) is 26.2 Å². The van der Waals surface area contributed by atoms with Crippen LogP contribution in [0.5, 0.6) is 0 Å². The molecule has 2 aromatic rings. The quantitative estimate of drug-likeness (QED) is 0.805. The predicted molar refractivity (Wildman–Crippen MR) is 95.6 cm³/mol. The van der Waals surface area contributed by atoms with Crippen molar-refractivity contribution in [1.82, 2.24) is 19.8 Å². The lowest BCUT2D eigenvalue weighted by atomic mass is 10.1. The SMILES string of the molecule is CC(=O)N1CCN(C(=O)c2cc(-c3ccc(Cl)c(Cl)c3)ncn2)CC1. The number of carbonyl (C=O) groups excluding carboxylic acids is 2. The first-order valence-electron chi connectivity index (χ1n) is 7.78. The third kappa shape index (κ3) is 3.91. The van der Waals surface area contributed by atoms with Gasteiger partial charge in [-0.15, -0.1) is 0 Å². The van der Waals surface area contributed by atoms with Gasteiger partial charge in [0.25, 0.3) is 5.91 Å². The first-order valence-corrected chi connectivity index (χ1v) is 8.53. The highest BCUT2D eigenvalue weighted by Crippen LogP contribution is 2.27. The van der Waals surface area contributed by atoms with E-state index in [9.17, 15) is 9.59 Å². The third-order valence-corrected chi connectivity index (χ3v) is 4.85. The van der Waals surface area contributed by atoms with E-state index in [0.717, 1.165) is 5.56 Å². The summed E-state index contributed by atoms with van der Waals surface area (Å²) in [5.74, 6) is -0.150. The Hall–Kier alpha value is -2.18. The van der Waals surface area contributed by atoms with Crippen molar-refractivity contribution < 1.29 is 9.59 Å². The van der Waals surface area contributed by atoms with Gasteiger partial charge in [0.1, 0.15) is 12.0 Å². The number of halogens is 2. The number of piperazine rings is 1. The summed E-state index contributed by atoms with van der Waals surface area (Å²) < 4.78 is 0. The van der Waals surface area contributed by atoms with E-state index < -0.39 is 0 Å². The molecule has 2 heterocycles. The Bertz CT molecular complexity index is 820. The van der Waals surface area contributed by atoms with Crippen LogP contribution in [0.15, 0.2) is 30.6 Å². The maximum atomic E-state index is 12.7. The molecule has 0 saturated carbocycles. The van der Waals surface area contributed by atoms with Crippen LogP contribution in [0.25, 0.3) is 11.3 Å². The average Bonchev–Trinajstić information content (AvgIpc) is 2.63. The van der Waals surface area contributed by atoms with E-state index in [-0.39, 0.29) is 11.8 Å². The predicted octanol–water partition coefficient (Wildman–Crippen LogP) is 2.75. The van der Waals surface area contributed by atoms with Gasteiger partial charge in [-0.1, -0.05) is 29.3 Å². The first kappa shape index (κ1) is 17.6. The summed E-state index contributed by atoms with van der Waals surface area (Å²) in [5, 5.41) is 0.880. The molecule has 0 radical (unpaired) electrons. The number of rotatable bonds is 2. The average molecular weight is 379 g/mol. The molecule has 1 saturated heterocycles. The fourth-order valence-corrected chi connectivity index (χ4v) is 2.97. The third-order valence-electron chi connectivity index (χ3n) is 4.11. The van der Waals surface area contributed by atoms with Crippen molar-refractivity contribution in [2.45, 2.75) is 6.92 Å². The van der Waals surface area contributed by atoms with Crippen molar-refractivity contribution in [3.8, 4) is 11.3 Å². The zero-order valence-electron chi connectivity index (χ0n) is 13.6. The summed E-state index contributed by atoms with van der Waals surface area (Å²) in [6.07, 6.45) is 1.36. The van der Waals surface area contributed by atoms with Gasteiger partial charge in [0.2, 0.25) is 5.91 Å². The van der Waals surface area contributed by atoms with Crippen molar-refractivity contribution in [1.29, 1.82) is 0 Å². The van der Waals surface area contributed by atoms with E-state index >= 15 is 0 Å². The van der Waals surface area contributed by atoms with Gasteiger partial charge < -0.3 is 9.80 Å². The van der Waals surface area contributed by atoms with Crippen LogP contribution in [0.3, 0.4) is 0 Å². The summed E-state index contributed by atoms with van der Waals surface area (Å²) in [6.45, 7) is 3.58. The molecular formula is C17H16Cl2N4O2. The van der Waals surface area contributed by atoms with Crippen LogP contribution >= 0.6 is 23.2 Å². The van der Waals surface area contributed by atoms with E-state index in [4.69, 9.17) is 23.2 Å². The lowest BCUT2D eigenvalue weighted by molar-refractivity contribution is -0.130. The van der Waals surface area contributed by atoms with Gasteiger partial charge in [0.15, 0.2) is 0 Å². The minimum atomic E-state index is -0.174. The monoisotopic (exact) mass is 378 g/mol. The molecule has 8 heteroatoms. The molecule has 3 rings (SSSR count). The molecule has 6 nitrogen and oxygen atoms in total. The van der Waals surface area contributed by atoms with E-state index in [1.165, 1.54) is 13.3 Å². The van der Waals surface area contributed by atoms with Crippen LogP contribution in [-0.2, 0) is 4.79 Å². The van der Waals surface area contributed by atoms with Gasteiger partial charge in [-0.05, 0) is 18.2 Å². The maximum absolute atomic E-state index is 12.7.